The standard InChI is InChI=1S/C13H20N2O4/c1-5-11-9(7-14-19-11)12(16)15(4)10(13(17)18)6-8(2)3/h7-8,10H,5-6H2,1-4H3,(H,17,18). The van der Waals surface area contributed by atoms with E-state index in [1.165, 1.54) is 18.1 Å². The molecule has 1 unspecified atom stereocenters. The Labute approximate surface area is 112 Å². The van der Waals surface area contributed by atoms with Crippen LogP contribution in [0.4, 0.5) is 0 Å². The molecule has 1 aromatic rings. The van der Waals surface area contributed by atoms with Crippen LogP contribution in [0.3, 0.4) is 0 Å². The summed E-state index contributed by atoms with van der Waals surface area (Å²) in [4.78, 5) is 24.8. The van der Waals surface area contributed by atoms with Crippen molar-refractivity contribution < 1.29 is 19.2 Å². The number of rotatable bonds is 6. The minimum atomic E-state index is -1.00. The predicted octanol–water partition coefficient (Wildman–Crippen LogP) is 1.81. The second-order valence-electron chi connectivity index (χ2n) is 4.92. The van der Waals surface area contributed by atoms with E-state index >= 15 is 0 Å². The fourth-order valence-corrected chi connectivity index (χ4v) is 1.90. The van der Waals surface area contributed by atoms with Crippen LogP contribution in [0.1, 0.15) is 43.3 Å². The van der Waals surface area contributed by atoms with Gasteiger partial charge in [0.25, 0.3) is 5.91 Å². The molecule has 1 N–H and O–H groups in total. The highest BCUT2D eigenvalue weighted by Gasteiger charge is 2.29. The van der Waals surface area contributed by atoms with Gasteiger partial charge in [0.1, 0.15) is 17.4 Å². The lowest BCUT2D eigenvalue weighted by molar-refractivity contribution is -0.142. The Hall–Kier alpha value is -1.85. The van der Waals surface area contributed by atoms with Gasteiger partial charge in [0.15, 0.2) is 0 Å². The first-order chi connectivity index (χ1) is 8.88. The first-order valence-electron chi connectivity index (χ1n) is 6.31. The van der Waals surface area contributed by atoms with Gasteiger partial charge in [0, 0.05) is 13.5 Å². The molecule has 1 rings (SSSR count). The largest absolute Gasteiger partial charge is 0.480 e. The van der Waals surface area contributed by atoms with E-state index in [-0.39, 0.29) is 11.8 Å². The Morgan fingerprint density at radius 3 is 2.58 bits per heavy atom. The predicted molar refractivity (Wildman–Crippen MR) is 68.9 cm³/mol. The highest BCUT2D eigenvalue weighted by atomic mass is 16.5. The molecule has 0 spiro atoms. The van der Waals surface area contributed by atoms with Crippen LogP contribution < -0.4 is 0 Å². The molecule has 6 nitrogen and oxygen atoms in total. The maximum atomic E-state index is 12.3. The molecule has 0 aromatic carbocycles. The molecule has 1 amide bonds. The van der Waals surface area contributed by atoms with Gasteiger partial charge >= 0.3 is 5.97 Å². The zero-order valence-electron chi connectivity index (χ0n) is 11.7. The number of amides is 1. The van der Waals surface area contributed by atoms with Crippen molar-refractivity contribution in [2.24, 2.45) is 5.92 Å². The van der Waals surface area contributed by atoms with Crippen molar-refractivity contribution in [1.82, 2.24) is 10.1 Å². The molecular formula is C13H20N2O4. The number of aromatic nitrogens is 1. The fourth-order valence-electron chi connectivity index (χ4n) is 1.90. The van der Waals surface area contributed by atoms with Crippen molar-refractivity contribution in [2.45, 2.75) is 39.7 Å². The van der Waals surface area contributed by atoms with Crippen molar-refractivity contribution in [2.75, 3.05) is 7.05 Å². The van der Waals surface area contributed by atoms with Crippen LogP contribution in [0.5, 0.6) is 0 Å². The smallest absolute Gasteiger partial charge is 0.326 e. The number of carbonyl (C=O) groups excluding carboxylic acids is 1. The first kappa shape index (κ1) is 15.2. The lowest BCUT2D eigenvalue weighted by atomic mass is 10.0. The van der Waals surface area contributed by atoms with E-state index in [4.69, 9.17) is 4.52 Å². The molecule has 6 heteroatoms. The number of carboxylic acid groups (broad SMARTS) is 1. The lowest BCUT2D eigenvalue weighted by Gasteiger charge is -2.25. The van der Waals surface area contributed by atoms with Gasteiger partial charge in [-0.3, -0.25) is 4.79 Å². The maximum absolute atomic E-state index is 12.3. The Morgan fingerprint density at radius 1 is 1.47 bits per heavy atom. The van der Waals surface area contributed by atoms with Crippen molar-refractivity contribution in [1.29, 1.82) is 0 Å². The summed E-state index contributed by atoms with van der Waals surface area (Å²) in [6, 6.07) is -0.841. The summed E-state index contributed by atoms with van der Waals surface area (Å²) in [5, 5.41) is 12.8. The lowest BCUT2D eigenvalue weighted by Crippen LogP contribution is -2.43. The van der Waals surface area contributed by atoms with E-state index in [9.17, 15) is 14.7 Å². The number of carbonyl (C=O) groups is 2. The molecule has 0 bridgehead atoms. The molecule has 19 heavy (non-hydrogen) atoms. The third-order valence-electron chi connectivity index (χ3n) is 2.96. The Balaban J connectivity index is 2.93. The third-order valence-corrected chi connectivity index (χ3v) is 2.96. The third kappa shape index (κ3) is 3.56. The molecule has 0 saturated heterocycles. The monoisotopic (exact) mass is 268 g/mol. The summed E-state index contributed by atoms with van der Waals surface area (Å²) in [5.74, 6) is -0.708. The highest BCUT2D eigenvalue weighted by Crippen LogP contribution is 2.16. The number of hydrogen-bond acceptors (Lipinski definition) is 4. The summed E-state index contributed by atoms with van der Waals surface area (Å²) in [6.07, 6.45) is 2.28. The van der Waals surface area contributed by atoms with Crippen molar-refractivity contribution >= 4 is 11.9 Å². The zero-order valence-corrected chi connectivity index (χ0v) is 11.7. The minimum Gasteiger partial charge on any atom is -0.480 e. The number of nitrogens with zero attached hydrogens (tertiary/aromatic N) is 2. The van der Waals surface area contributed by atoms with Crippen LogP contribution in [0.15, 0.2) is 10.7 Å². The van der Waals surface area contributed by atoms with E-state index in [0.29, 0.717) is 24.2 Å². The van der Waals surface area contributed by atoms with Crippen LogP contribution in [-0.4, -0.2) is 40.1 Å². The summed E-state index contributed by atoms with van der Waals surface area (Å²) in [5.41, 5.74) is 0.333. The van der Waals surface area contributed by atoms with Gasteiger partial charge in [0.05, 0.1) is 6.20 Å². The molecular weight excluding hydrogens is 248 g/mol. The maximum Gasteiger partial charge on any atom is 0.326 e. The molecule has 1 aromatic heterocycles. The second kappa shape index (κ2) is 6.36. The number of carboxylic acids is 1. The second-order valence-corrected chi connectivity index (χ2v) is 4.92. The molecule has 1 atom stereocenters. The number of hydrogen-bond donors (Lipinski definition) is 1. The first-order valence-corrected chi connectivity index (χ1v) is 6.31. The normalized spacial score (nSPS) is 12.5. The van der Waals surface area contributed by atoms with Crippen molar-refractivity contribution in [3.63, 3.8) is 0 Å². The molecule has 106 valence electrons. The summed E-state index contributed by atoms with van der Waals surface area (Å²) < 4.78 is 4.96. The van der Waals surface area contributed by atoms with Gasteiger partial charge in [-0.05, 0) is 12.3 Å². The molecule has 0 radical (unpaired) electrons. The highest BCUT2D eigenvalue weighted by molar-refractivity contribution is 5.97. The topological polar surface area (TPSA) is 83.6 Å². The zero-order chi connectivity index (χ0) is 14.6. The average molecular weight is 268 g/mol. The van der Waals surface area contributed by atoms with Crippen molar-refractivity contribution in [3.05, 3.63) is 17.5 Å². The number of likely N-dealkylation sites (N-methyl/N-ethyl adjacent to an activating group) is 1. The van der Waals surface area contributed by atoms with Crippen LogP contribution in [0, 0.1) is 5.92 Å². The molecule has 0 aliphatic carbocycles. The molecule has 0 aliphatic heterocycles. The molecule has 0 fully saturated rings. The molecule has 0 saturated carbocycles. The van der Waals surface area contributed by atoms with Gasteiger partial charge < -0.3 is 14.5 Å². The van der Waals surface area contributed by atoms with E-state index in [1.54, 1.807) is 0 Å². The Morgan fingerprint density at radius 2 is 2.11 bits per heavy atom. The Kier molecular flexibility index (Phi) is 5.09. The van der Waals surface area contributed by atoms with Crippen LogP contribution in [-0.2, 0) is 11.2 Å². The summed E-state index contributed by atoms with van der Waals surface area (Å²) in [6.45, 7) is 5.69. The Bertz CT molecular complexity index is 453. The summed E-state index contributed by atoms with van der Waals surface area (Å²) in [7, 11) is 1.50. The summed E-state index contributed by atoms with van der Waals surface area (Å²) >= 11 is 0. The van der Waals surface area contributed by atoms with E-state index in [0.717, 1.165) is 0 Å². The van der Waals surface area contributed by atoms with Gasteiger partial charge in [-0.1, -0.05) is 25.9 Å². The van der Waals surface area contributed by atoms with Crippen LogP contribution >= 0.6 is 0 Å². The van der Waals surface area contributed by atoms with E-state index in [1.807, 2.05) is 20.8 Å². The van der Waals surface area contributed by atoms with Gasteiger partial charge in [-0.25, -0.2) is 4.79 Å². The van der Waals surface area contributed by atoms with Crippen LogP contribution in [0.25, 0.3) is 0 Å². The van der Waals surface area contributed by atoms with E-state index < -0.39 is 12.0 Å². The number of aliphatic carboxylic acids is 1. The SMILES string of the molecule is CCc1oncc1C(=O)N(C)C(CC(C)C)C(=O)O. The fraction of sp³-hybridized carbons (Fsp3) is 0.615. The molecule has 0 aliphatic rings. The number of aryl methyl sites for hydroxylation is 1. The van der Waals surface area contributed by atoms with Crippen LogP contribution in [0.2, 0.25) is 0 Å². The minimum absolute atomic E-state index is 0.185. The van der Waals surface area contributed by atoms with Gasteiger partial charge in [0.2, 0.25) is 0 Å². The van der Waals surface area contributed by atoms with Crippen molar-refractivity contribution in [3.8, 4) is 0 Å². The van der Waals surface area contributed by atoms with Gasteiger partial charge in [-0.15, -0.1) is 0 Å². The van der Waals surface area contributed by atoms with Gasteiger partial charge in [-0.2, -0.15) is 0 Å². The average Bonchev–Trinajstić information content (AvgIpc) is 2.81. The van der Waals surface area contributed by atoms with E-state index in [2.05, 4.69) is 5.16 Å². The quantitative estimate of drug-likeness (QED) is 0.850. The molecule has 1 heterocycles.